The van der Waals surface area contributed by atoms with E-state index in [-0.39, 0.29) is 22.7 Å². The second-order valence-corrected chi connectivity index (χ2v) is 5.87. The number of phenolic OH excluding ortho intramolecular Hbond substituents is 1. The van der Waals surface area contributed by atoms with E-state index in [1.807, 2.05) is 6.07 Å². The van der Waals surface area contributed by atoms with Crippen LogP contribution >= 0.6 is 0 Å². The fourth-order valence-corrected chi connectivity index (χ4v) is 2.69. The molecular weight excluding hydrogens is 364 g/mol. The van der Waals surface area contributed by atoms with E-state index in [2.05, 4.69) is 15.5 Å². The largest absolute Gasteiger partial charge is 0.504 e. The summed E-state index contributed by atoms with van der Waals surface area (Å²) in [7, 11) is 1.28. The van der Waals surface area contributed by atoms with Crippen LogP contribution in [0.1, 0.15) is 21.6 Å². The normalized spacial score (nSPS) is 10.9. The number of nitro benzene ring substituents is 1. The van der Waals surface area contributed by atoms with Gasteiger partial charge in [-0.2, -0.15) is 5.10 Å². The Hall–Kier alpha value is -4.01. The Labute approximate surface area is 159 Å². The Morgan fingerprint density at radius 3 is 2.79 bits per heavy atom. The highest BCUT2D eigenvalue weighted by molar-refractivity contribution is 6.06. The minimum absolute atomic E-state index is 0.0297. The van der Waals surface area contributed by atoms with Crippen molar-refractivity contribution < 1.29 is 19.6 Å². The number of methoxy groups -OCH3 is 1. The van der Waals surface area contributed by atoms with E-state index in [1.54, 1.807) is 31.2 Å². The molecule has 0 saturated carbocycles. The summed E-state index contributed by atoms with van der Waals surface area (Å²) < 4.78 is 4.92. The number of pyridine rings is 1. The molecule has 0 atom stereocenters. The van der Waals surface area contributed by atoms with Gasteiger partial charge in [-0.15, -0.1) is 0 Å². The Morgan fingerprint density at radius 1 is 1.32 bits per heavy atom. The summed E-state index contributed by atoms with van der Waals surface area (Å²) in [4.78, 5) is 27.3. The Bertz CT molecular complexity index is 1110. The molecule has 28 heavy (non-hydrogen) atoms. The molecular formula is C19H16N4O5. The molecule has 1 heterocycles. The summed E-state index contributed by atoms with van der Waals surface area (Å²) in [5.74, 6) is -0.871. The van der Waals surface area contributed by atoms with Crippen LogP contribution in [0.3, 0.4) is 0 Å². The lowest BCUT2D eigenvalue weighted by Gasteiger charge is -2.07. The fourth-order valence-electron chi connectivity index (χ4n) is 2.69. The minimum atomic E-state index is -0.621. The molecule has 9 heteroatoms. The number of nitro groups is 1. The number of hydrogen-bond acceptors (Lipinski definition) is 7. The van der Waals surface area contributed by atoms with Crippen molar-refractivity contribution in [3.63, 3.8) is 0 Å². The first-order valence-corrected chi connectivity index (χ1v) is 8.16. The van der Waals surface area contributed by atoms with Gasteiger partial charge in [-0.05, 0) is 19.1 Å². The molecule has 3 aromatic rings. The Balaban J connectivity index is 1.89. The molecule has 0 radical (unpaired) electrons. The predicted octanol–water partition coefficient (Wildman–Crippen LogP) is 2.93. The number of carbonyl (C=O) groups is 1. The average Bonchev–Trinajstić information content (AvgIpc) is 2.68. The second-order valence-electron chi connectivity index (χ2n) is 5.87. The second kappa shape index (κ2) is 7.70. The lowest BCUT2D eigenvalue weighted by Crippen LogP contribution is -2.18. The third-order valence-corrected chi connectivity index (χ3v) is 3.98. The van der Waals surface area contributed by atoms with Crippen molar-refractivity contribution in [2.75, 3.05) is 7.11 Å². The summed E-state index contributed by atoms with van der Waals surface area (Å²) in [6.07, 6.45) is 1.11. The summed E-state index contributed by atoms with van der Waals surface area (Å²) in [5, 5.41) is 25.6. The van der Waals surface area contributed by atoms with Gasteiger partial charge in [-0.25, -0.2) is 5.43 Å². The Kier molecular flexibility index (Phi) is 5.16. The molecule has 0 unspecified atom stereocenters. The zero-order valence-electron chi connectivity index (χ0n) is 15.0. The molecule has 0 aliphatic carbocycles. The first-order chi connectivity index (χ1) is 13.4. The molecule has 3 rings (SSSR count). The topological polar surface area (TPSA) is 127 Å². The van der Waals surface area contributed by atoms with Crippen LogP contribution in [0.4, 0.5) is 5.69 Å². The van der Waals surface area contributed by atoms with E-state index in [1.165, 1.54) is 7.11 Å². The molecule has 0 bridgehead atoms. The van der Waals surface area contributed by atoms with Crippen LogP contribution in [0.5, 0.6) is 11.5 Å². The van der Waals surface area contributed by atoms with Crippen LogP contribution in [0.15, 0.2) is 47.6 Å². The van der Waals surface area contributed by atoms with Gasteiger partial charge in [0.25, 0.3) is 11.6 Å². The summed E-state index contributed by atoms with van der Waals surface area (Å²) in [6.45, 7) is 1.78. The highest BCUT2D eigenvalue weighted by Gasteiger charge is 2.16. The number of para-hydroxylation sites is 1. The molecule has 0 saturated heterocycles. The number of non-ortho nitro benzene ring substituents is 1. The number of aryl methyl sites for hydroxylation is 1. The SMILES string of the molecule is COc1cc([N+](=O)[O-])cc(/C=N\NC(=O)c2cc(C)nc3ccccc23)c1O. The molecule has 2 N–H and O–H groups in total. The predicted molar refractivity (Wildman–Crippen MR) is 103 cm³/mol. The van der Waals surface area contributed by atoms with Gasteiger partial charge in [0.1, 0.15) is 0 Å². The number of phenols is 1. The first-order valence-electron chi connectivity index (χ1n) is 8.16. The lowest BCUT2D eigenvalue weighted by atomic mass is 10.1. The van der Waals surface area contributed by atoms with Gasteiger partial charge in [-0.1, -0.05) is 18.2 Å². The van der Waals surface area contributed by atoms with E-state index in [0.717, 1.165) is 18.3 Å². The van der Waals surface area contributed by atoms with E-state index in [4.69, 9.17) is 4.74 Å². The van der Waals surface area contributed by atoms with Crippen molar-refractivity contribution in [3.8, 4) is 11.5 Å². The van der Waals surface area contributed by atoms with E-state index in [9.17, 15) is 20.0 Å². The maximum atomic E-state index is 12.5. The standard InChI is InChI=1S/C19H16N4O5/c1-11-7-15(14-5-3-4-6-16(14)21-11)19(25)22-20-10-12-8-13(23(26)27)9-17(28-2)18(12)24/h3-10,24H,1-2H3,(H,22,25)/b20-10-. The number of nitrogens with zero attached hydrogens (tertiary/aromatic N) is 3. The smallest absolute Gasteiger partial charge is 0.274 e. The van der Waals surface area contributed by atoms with Gasteiger partial charge in [0.05, 0.1) is 35.4 Å². The van der Waals surface area contributed by atoms with Gasteiger partial charge in [-0.3, -0.25) is 19.9 Å². The van der Waals surface area contributed by atoms with E-state index < -0.39 is 10.8 Å². The number of hydrazone groups is 1. The molecule has 142 valence electrons. The van der Waals surface area contributed by atoms with Crippen molar-refractivity contribution in [2.24, 2.45) is 5.10 Å². The first kappa shape index (κ1) is 18.8. The monoisotopic (exact) mass is 380 g/mol. The maximum absolute atomic E-state index is 12.5. The number of amides is 1. The number of aromatic nitrogens is 1. The number of carbonyl (C=O) groups excluding carboxylic acids is 1. The number of ether oxygens (including phenoxy) is 1. The van der Waals surface area contributed by atoms with Crippen molar-refractivity contribution in [3.05, 3.63) is 69.4 Å². The van der Waals surface area contributed by atoms with Crippen molar-refractivity contribution in [1.29, 1.82) is 0 Å². The van der Waals surface area contributed by atoms with Gasteiger partial charge in [0.2, 0.25) is 0 Å². The number of hydrogen-bond donors (Lipinski definition) is 2. The fraction of sp³-hybridized carbons (Fsp3) is 0.105. The van der Waals surface area contributed by atoms with Gasteiger partial charge in [0, 0.05) is 22.7 Å². The molecule has 1 aromatic heterocycles. The molecule has 0 spiro atoms. The molecule has 0 aliphatic heterocycles. The van der Waals surface area contributed by atoms with Crippen LogP contribution < -0.4 is 10.2 Å². The summed E-state index contributed by atoms with van der Waals surface area (Å²) >= 11 is 0. The Morgan fingerprint density at radius 2 is 2.07 bits per heavy atom. The minimum Gasteiger partial charge on any atom is -0.504 e. The quantitative estimate of drug-likeness (QED) is 0.398. The highest BCUT2D eigenvalue weighted by atomic mass is 16.6. The summed E-state index contributed by atoms with van der Waals surface area (Å²) in [6, 6.07) is 11.1. The van der Waals surface area contributed by atoms with Crippen LogP contribution in [-0.2, 0) is 0 Å². The number of rotatable bonds is 5. The van der Waals surface area contributed by atoms with Gasteiger partial charge >= 0.3 is 0 Å². The molecule has 9 nitrogen and oxygen atoms in total. The molecule has 0 aliphatic rings. The third-order valence-electron chi connectivity index (χ3n) is 3.98. The van der Waals surface area contributed by atoms with Gasteiger partial charge < -0.3 is 9.84 Å². The molecule has 0 fully saturated rings. The number of benzene rings is 2. The van der Waals surface area contributed by atoms with Crippen molar-refractivity contribution >= 4 is 28.7 Å². The van der Waals surface area contributed by atoms with Crippen LogP contribution in [-0.4, -0.2) is 34.2 Å². The van der Waals surface area contributed by atoms with E-state index >= 15 is 0 Å². The molecule has 1 amide bonds. The zero-order chi connectivity index (χ0) is 20.3. The van der Waals surface area contributed by atoms with E-state index in [0.29, 0.717) is 22.2 Å². The third kappa shape index (κ3) is 3.73. The highest BCUT2D eigenvalue weighted by Crippen LogP contribution is 2.33. The average molecular weight is 380 g/mol. The van der Waals surface area contributed by atoms with Crippen molar-refractivity contribution in [2.45, 2.75) is 6.92 Å². The molecule has 2 aromatic carbocycles. The van der Waals surface area contributed by atoms with Crippen LogP contribution in [0.2, 0.25) is 0 Å². The van der Waals surface area contributed by atoms with Gasteiger partial charge in [0.15, 0.2) is 11.5 Å². The van der Waals surface area contributed by atoms with Crippen LogP contribution in [0, 0.1) is 17.0 Å². The number of aromatic hydroxyl groups is 1. The van der Waals surface area contributed by atoms with Crippen molar-refractivity contribution in [1.82, 2.24) is 10.4 Å². The lowest BCUT2D eigenvalue weighted by molar-refractivity contribution is -0.385. The summed E-state index contributed by atoms with van der Waals surface area (Å²) in [5.41, 5.74) is 3.85. The maximum Gasteiger partial charge on any atom is 0.274 e. The zero-order valence-corrected chi connectivity index (χ0v) is 15.0. The number of nitrogens with one attached hydrogen (secondary N) is 1. The van der Waals surface area contributed by atoms with Crippen LogP contribution in [0.25, 0.3) is 10.9 Å². The number of fused-ring (bicyclic) bond motifs is 1.